The monoisotopic (exact) mass is 257 g/mol. The largest absolute Gasteiger partial charge is 0.385 e. The van der Waals surface area contributed by atoms with Crippen LogP contribution in [0.4, 0.5) is 5.82 Å². The summed E-state index contributed by atoms with van der Waals surface area (Å²) in [6.45, 7) is 5.60. The van der Waals surface area contributed by atoms with E-state index in [1.165, 1.54) is 0 Å². The highest BCUT2D eigenvalue weighted by Gasteiger charge is 2.08. The highest BCUT2D eigenvalue weighted by atomic mass is 35.5. The minimum atomic E-state index is 0.540. The van der Waals surface area contributed by atoms with Gasteiger partial charge in [-0.2, -0.15) is 0 Å². The Morgan fingerprint density at radius 3 is 2.76 bits per heavy atom. The lowest BCUT2D eigenvalue weighted by Gasteiger charge is -2.11. The summed E-state index contributed by atoms with van der Waals surface area (Å²) in [5.74, 6) is 1.64. The van der Waals surface area contributed by atoms with Gasteiger partial charge in [0.25, 0.3) is 0 Å². The fraction of sp³-hybridized carbons (Fsp3) is 0.667. The number of hydrogen-bond acceptors (Lipinski definition) is 4. The van der Waals surface area contributed by atoms with Gasteiger partial charge in [-0.3, -0.25) is 0 Å². The van der Waals surface area contributed by atoms with Crippen molar-refractivity contribution in [2.45, 2.75) is 33.1 Å². The van der Waals surface area contributed by atoms with E-state index < -0.39 is 0 Å². The molecule has 0 bridgehead atoms. The molecule has 0 atom stereocenters. The summed E-state index contributed by atoms with van der Waals surface area (Å²) >= 11 is 6.08. The zero-order valence-electron chi connectivity index (χ0n) is 10.7. The lowest BCUT2D eigenvalue weighted by Crippen LogP contribution is -2.10. The van der Waals surface area contributed by atoms with Crippen molar-refractivity contribution in [3.8, 4) is 0 Å². The molecule has 0 aromatic carbocycles. The van der Waals surface area contributed by atoms with E-state index >= 15 is 0 Å². The number of hydrogen-bond donors (Lipinski definition) is 1. The number of halogens is 1. The molecule has 0 aliphatic heterocycles. The lowest BCUT2D eigenvalue weighted by molar-refractivity contribution is 0.197. The second-order valence-electron chi connectivity index (χ2n) is 3.93. The van der Waals surface area contributed by atoms with Crippen LogP contribution in [0.5, 0.6) is 0 Å². The molecule has 0 spiro atoms. The molecule has 0 aliphatic rings. The zero-order chi connectivity index (χ0) is 12.7. The van der Waals surface area contributed by atoms with Crippen LogP contribution in [0.1, 0.15) is 31.2 Å². The van der Waals surface area contributed by atoms with E-state index in [0.29, 0.717) is 5.15 Å². The molecule has 1 heterocycles. The zero-order valence-corrected chi connectivity index (χ0v) is 11.5. The van der Waals surface area contributed by atoms with Gasteiger partial charge >= 0.3 is 0 Å². The smallest absolute Gasteiger partial charge is 0.137 e. The molecule has 5 heteroatoms. The van der Waals surface area contributed by atoms with Crippen LogP contribution in [0.25, 0.3) is 0 Å². The van der Waals surface area contributed by atoms with Gasteiger partial charge in [0, 0.05) is 32.2 Å². The molecule has 0 aliphatic carbocycles. The Kier molecular flexibility index (Phi) is 6.22. The maximum absolute atomic E-state index is 6.08. The first-order valence-corrected chi connectivity index (χ1v) is 6.32. The SMILES string of the molecule is CCCc1nc(Cl)c(C)c(NCCCOC)n1. The summed E-state index contributed by atoms with van der Waals surface area (Å²) in [6, 6.07) is 0. The van der Waals surface area contributed by atoms with Gasteiger partial charge in [0.15, 0.2) is 0 Å². The van der Waals surface area contributed by atoms with E-state index in [9.17, 15) is 0 Å². The third-order valence-electron chi connectivity index (χ3n) is 2.42. The van der Waals surface area contributed by atoms with Gasteiger partial charge in [-0.1, -0.05) is 18.5 Å². The number of anilines is 1. The maximum Gasteiger partial charge on any atom is 0.137 e. The number of rotatable bonds is 7. The van der Waals surface area contributed by atoms with Crippen LogP contribution >= 0.6 is 11.6 Å². The molecule has 1 aromatic rings. The third-order valence-corrected chi connectivity index (χ3v) is 2.79. The molecule has 0 saturated heterocycles. The van der Waals surface area contributed by atoms with Gasteiger partial charge in [0.05, 0.1) is 0 Å². The van der Waals surface area contributed by atoms with Crippen molar-refractivity contribution in [1.82, 2.24) is 9.97 Å². The second-order valence-corrected chi connectivity index (χ2v) is 4.29. The standard InChI is InChI=1S/C12H20ClN3O/c1-4-6-10-15-11(13)9(2)12(16-10)14-7-5-8-17-3/h4-8H2,1-3H3,(H,14,15,16). The molecule has 0 unspecified atom stereocenters. The Bertz CT molecular complexity index is 358. The van der Waals surface area contributed by atoms with Crippen molar-refractivity contribution in [3.63, 3.8) is 0 Å². The molecule has 0 amide bonds. The minimum absolute atomic E-state index is 0.540. The van der Waals surface area contributed by atoms with Gasteiger partial charge in [-0.15, -0.1) is 0 Å². The molecule has 17 heavy (non-hydrogen) atoms. The summed E-state index contributed by atoms with van der Waals surface area (Å²) in [4.78, 5) is 8.73. The number of aryl methyl sites for hydroxylation is 1. The summed E-state index contributed by atoms with van der Waals surface area (Å²) in [6.07, 6.45) is 2.82. The van der Waals surface area contributed by atoms with Crippen LogP contribution in [0, 0.1) is 6.92 Å². The van der Waals surface area contributed by atoms with Crippen LogP contribution in [-0.4, -0.2) is 30.2 Å². The second kappa shape index (κ2) is 7.45. The molecule has 1 rings (SSSR count). The Labute approximate surface area is 108 Å². The third kappa shape index (κ3) is 4.48. The van der Waals surface area contributed by atoms with E-state index in [0.717, 1.165) is 49.6 Å². The van der Waals surface area contributed by atoms with Crippen molar-refractivity contribution in [2.75, 3.05) is 25.6 Å². The number of nitrogens with zero attached hydrogens (tertiary/aromatic N) is 2. The first-order chi connectivity index (χ1) is 8.19. The van der Waals surface area contributed by atoms with Crippen molar-refractivity contribution in [2.24, 2.45) is 0 Å². The number of methoxy groups -OCH3 is 1. The highest BCUT2D eigenvalue weighted by molar-refractivity contribution is 6.30. The van der Waals surface area contributed by atoms with Crippen LogP contribution in [0.2, 0.25) is 5.15 Å². The first-order valence-electron chi connectivity index (χ1n) is 5.94. The molecule has 1 N–H and O–H groups in total. The Morgan fingerprint density at radius 2 is 2.12 bits per heavy atom. The molecule has 4 nitrogen and oxygen atoms in total. The van der Waals surface area contributed by atoms with E-state index in [1.807, 2.05) is 6.92 Å². The van der Waals surface area contributed by atoms with Crippen molar-refractivity contribution in [3.05, 3.63) is 16.5 Å². The minimum Gasteiger partial charge on any atom is -0.385 e. The Hall–Kier alpha value is -0.870. The molecular formula is C12H20ClN3O. The molecule has 0 saturated carbocycles. The fourth-order valence-electron chi connectivity index (χ4n) is 1.46. The predicted molar refractivity (Wildman–Crippen MR) is 70.8 cm³/mol. The number of aromatic nitrogens is 2. The average Bonchev–Trinajstić information content (AvgIpc) is 2.31. The average molecular weight is 258 g/mol. The summed E-state index contributed by atoms with van der Waals surface area (Å²) in [7, 11) is 1.70. The quantitative estimate of drug-likeness (QED) is 0.603. The topological polar surface area (TPSA) is 47.0 Å². The summed E-state index contributed by atoms with van der Waals surface area (Å²) in [5, 5.41) is 3.81. The maximum atomic E-state index is 6.08. The summed E-state index contributed by atoms with van der Waals surface area (Å²) < 4.78 is 5.00. The lowest BCUT2D eigenvalue weighted by atomic mass is 10.3. The highest BCUT2D eigenvalue weighted by Crippen LogP contribution is 2.20. The summed E-state index contributed by atoms with van der Waals surface area (Å²) in [5.41, 5.74) is 0.906. The molecule has 0 fully saturated rings. The molecular weight excluding hydrogens is 238 g/mol. The number of ether oxygens (including phenoxy) is 1. The van der Waals surface area contributed by atoms with Gasteiger partial charge in [-0.05, 0) is 19.8 Å². The molecule has 1 aromatic heterocycles. The fourth-order valence-corrected chi connectivity index (χ4v) is 1.65. The Morgan fingerprint density at radius 1 is 1.35 bits per heavy atom. The van der Waals surface area contributed by atoms with Crippen LogP contribution < -0.4 is 5.32 Å². The van der Waals surface area contributed by atoms with Gasteiger partial charge in [0.2, 0.25) is 0 Å². The van der Waals surface area contributed by atoms with Gasteiger partial charge in [-0.25, -0.2) is 9.97 Å². The van der Waals surface area contributed by atoms with Crippen LogP contribution in [0.15, 0.2) is 0 Å². The molecule has 0 radical (unpaired) electrons. The van der Waals surface area contributed by atoms with Crippen molar-refractivity contribution >= 4 is 17.4 Å². The van der Waals surface area contributed by atoms with E-state index in [2.05, 4.69) is 22.2 Å². The van der Waals surface area contributed by atoms with Crippen LogP contribution in [0.3, 0.4) is 0 Å². The molecule has 96 valence electrons. The Balaban J connectivity index is 2.68. The van der Waals surface area contributed by atoms with E-state index in [-0.39, 0.29) is 0 Å². The van der Waals surface area contributed by atoms with Crippen molar-refractivity contribution < 1.29 is 4.74 Å². The predicted octanol–water partition coefficient (Wildman–Crippen LogP) is 2.84. The van der Waals surface area contributed by atoms with Gasteiger partial charge < -0.3 is 10.1 Å². The van der Waals surface area contributed by atoms with Gasteiger partial charge in [0.1, 0.15) is 16.8 Å². The first kappa shape index (κ1) is 14.2. The van der Waals surface area contributed by atoms with E-state index in [4.69, 9.17) is 16.3 Å². The van der Waals surface area contributed by atoms with Crippen molar-refractivity contribution in [1.29, 1.82) is 0 Å². The normalized spacial score (nSPS) is 10.6. The van der Waals surface area contributed by atoms with Crippen LogP contribution in [-0.2, 0) is 11.2 Å². The van der Waals surface area contributed by atoms with E-state index in [1.54, 1.807) is 7.11 Å². The number of nitrogens with one attached hydrogen (secondary N) is 1.